The van der Waals surface area contributed by atoms with E-state index in [2.05, 4.69) is 29.5 Å². The quantitative estimate of drug-likeness (QED) is 0.716. The highest BCUT2D eigenvalue weighted by molar-refractivity contribution is 4.91. The van der Waals surface area contributed by atoms with E-state index in [1.165, 1.54) is 0 Å². The second-order valence-electron chi connectivity index (χ2n) is 4.74. The number of rotatable bonds is 7. The first-order valence-electron chi connectivity index (χ1n) is 5.82. The Bertz CT molecular complexity index is 298. The molecule has 0 aliphatic carbocycles. The van der Waals surface area contributed by atoms with E-state index in [9.17, 15) is 0 Å². The van der Waals surface area contributed by atoms with E-state index in [-0.39, 0.29) is 12.5 Å². The van der Waals surface area contributed by atoms with Crippen molar-refractivity contribution in [3.05, 3.63) is 11.9 Å². The van der Waals surface area contributed by atoms with E-state index < -0.39 is 0 Å². The zero-order valence-electron chi connectivity index (χ0n) is 10.3. The molecule has 16 heavy (non-hydrogen) atoms. The molecule has 1 rings (SSSR count). The second kappa shape index (κ2) is 6.60. The molecular weight excluding hydrogens is 204 g/mol. The second-order valence-corrected chi connectivity index (χ2v) is 4.74. The van der Waals surface area contributed by atoms with Gasteiger partial charge in [0.05, 0.1) is 5.69 Å². The maximum absolute atomic E-state index is 8.93. The van der Waals surface area contributed by atoms with Crippen molar-refractivity contribution >= 4 is 0 Å². The molecule has 1 aromatic heterocycles. The van der Waals surface area contributed by atoms with Gasteiger partial charge in [0.2, 0.25) is 0 Å². The lowest BCUT2D eigenvalue weighted by atomic mass is 10.2. The summed E-state index contributed by atoms with van der Waals surface area (Å²) in [5.41, 5.74) is 0.950. The Morgan fingerprint density at radius 2 is 2.19 bits per heavy atom. The molecule has 0 aromatic carbocycles. The molecule has 0 aliphatic heterocycles. The van der Waals surface area contributed by atoms with Crippen LogP contribution in [0.5, 0.6) is 0 Å². The summed E-state index contributed by atoms with van der Waals surface area (Å²) in [5, 5.41) is 20.3. The number of aliphatic hydroxyl groups excluding tert-OH is 1. The van der Waals surface area contributed by atoms with Crippen molar-refractivity contribution in [2.75, 3.05) is 13.2 Å². The molecule has 0 spiro atoms. The Hall–Kier alpha value is -0.940. The van der Waals surface area contributed by atoms with Crippen LogP contribution < -0.4 is 5.32 Å². The predicted octanol–water partition coefficient (Wildman–Crippen LogP) is 0.652. The molecule has 0 radical (unpaired) electrons. The van der Waals surface area contributed by atoms with Crippen molar-refractivity contribution in [3.8, 4) is 0 Å². The third kappa shape index (κ3) is 4.72. The highest BCUT2D eigenvalue weighted by atomic mass is 16.3. The molecule has 0 saturated carbocycles. The van der Waals surface area contributed by atoms with Crippen LogP contribution in [-0.4, -0.2) is 33.3 Å². The molecule has 1 unspecified atom stereocenters. The Morgan fingerprint density at radius 1 is 1.44 bits per heavy atom. The number of hydrogen-bond donors (Lipinski definition) is 2. The number of aliphatic hydroxyl groups is 1. The van der Waals surface area contributed by atoms with E-state index in [1.807, 2.05) is 13.1 Å². The summed E-state index contributed by atoms with van der Waals surface area (Å²) < 4.78 is 1.78. The Morgan fingerprint density at radius 3 is 2.81 bits per heavy atom. The summed E-state index contributed by atoms with van der Waals surface area (Å²) in [4.78, 5) is 0. The number of aromatic nitrogens is 3. The van der Waals surface area contributed by atoms with Gasteiger partial charge in [-0.1, -0.05) is 26.0 Å². The van der Waals surface area contributed by atoms with Gasteiger partial charge in [-0.25, -0.2) is 0 Å². The van der Waals surface area contributed by atoms with Gasteiger partial charge in [0, 0.05) is 25.9 Å². The van der Waals surface area contributed by atoms with Gasteiger partial charge in [-0.3, -0.25) is 4.68 Å². The van der Waals surface area contributed by atoms with Gasteiger partial charge in [-0.2, -0.15) is 0 Å². The highest BCUT2D eigenvalue weighted by Gasteiger charge is 2.04. The minimum absolute atomic E-state index is 0.181. The molecule has 5 heteroatoms. The van der Waals surface area contributed by atoms with Crippen molar-refractivity contribution in [2.24, 2.45) is 11.8 Å². The fourth-order valence-electron chi connectivity index (χ4n) is 1.37. The molecule has 92 valence electrons. The van der Waals surface area contributed by atoms with E-state index in [0.29, 0.717) is 12.5 Å². The Kier molecular flexibility index (Phi) is 5.42. The van der Waals surface area contributed by atoms with Crippen LogP contribution >= 0.6 is 0 Å². The van der Waals surface area contributed by atoms with Gasteiger partial charge in [-0.05, 0) is 18.4 Å². The van der Waals surface area contributed by atoms with Crippen LogP contribution in [0.25, 0.3) is 0 Å². The molecule has 0 fully saturated rings. The number of nitrogens with zero attached hydrogens (tertiary/aromatic N) is 3. The van der Waals surface area contributed by atoms with Crippen molar-refractivity contribution in [3.63, 3.8) is 0 Å². The third-order valence-electron chi connectivity index (χ3n) is 2.26. The van der Waals surface area contributed by atoms with E-state index >= 15 is 0 Å². The molecule has 0 saturated heterocycles. The molecule has 0 amide bonds. The molecule has 1 heterocycles. The highest BCUT2D eigenvalue weighted by Crippen LogP contribution is 2.00. The SMILES string of the molecule is CC(C)CNCc1cn(CC(C)CO)nn1. The standard InChI is InChI=1S/C11H22N4O/c1-9(2)4-12-5-11-7-15(14-13-11)6-10(3)8-16/h7,9-10,12,16H,4-6,8H2,1-3H3. The van der Waals surface area contributed by atoms with Crippen molar-refractivity contribution < 1.29 is 5.11 Å². The average molecular weight is 226 g/mol. The Labute approximate surface area is 96.9 Å². The van der Waals surface area contributed by atoms with Gasteiger partial charge in [0.15, 0.2) is 0 Å². The minimum Gasteiger partial charge on any atom is -0.396 e. The summed E-state index contributed by atoms with van der Waals surface area (Å²) in [6.45, 7) is 8.97. The van der Waals surface area contributed by atoms with Crippen LogP contribution in [0.15, 0.2) is 6.20 Å². The van der Waals surface area contributed by atoms with Crippen LogP contribution in [0.4, 0.5) is 0 Å². The lowest BCUT2D eigenvalue weighted by molar-refractivity contribution is 0.218. The zero-order chi connectivity index (χ0) is 12.0. The third-order valence-corrected chi connectivity index (χ3v) is 2.26. The van der Waals surface area contributed by atoms with Crippen molar-refractivity contribution in [2.45, 2.75) is 33.9 Å². The maximum Gasteiger partial charge on any atom is 0.0964 e. The number of nitrogens with one attached hydrogen (secondary N) is 1. The topological polar surface area (TPSA) is 63.0 Å². The van der Waals surface area contributed by atoms with Gasteiger partial charge in [0.1, 0.15) is 0 Å². The van der Waals surface area contributed by atoms with Crippen LogP contribution in [0.2, 0.25) is 0 Å². The van der Waals surface area contributed by atoms with Crippen LogP contribution in [0.1, 0.15) is 26.5 Å². The lowest BCUT2D eigenvalue weighted by Crippen LogP contribution is -2.19. The van der Waals surface area contributed by atoms with Gasteiger partial charge in [-0.15, -0.1) is 5.10 Å². The first-order chi connectivity index (χ1) is 7.61. The fraction of sp³-hybridized carbons (Fsp3) is 0.818. The predicted molar refractivity (Wildman–Crippen MR) is 62.8 cm³/mol. The minimum atomic E-state index is 0.181. The van der Waals surface area contributed by atoms with Crippen LogP contribution in [0, 0.1) is 11.8 Å². The van der Waals surface area contributed by atoms with E-state index in [0.717, 1.165) is 18.8 Å². The first kappa shape index (κ1) is 13.1. The Balaban J connectivity index is 2.33. The van der Waals surface area contributed by atoms with Crippen LogP contribution in [-0.2, 0) is 13.1 Å². The summed E-state index contributed by atoms with van der Waals surface area (Å²) >= 11 is 0. The van der Waals surface area contributed by atoms with Gasteiger partial charge in [0.25, 0.3) is 0 Å². The van der Waals surface area contributed by atoms with Crippen molar-refractivity contribution in [1.82, 2.24) is 20.3 Å². The average Bonchev–Trinajstić information content (AvgIpc) is 2.65. The summed E-state index contributed by atoms with van der Waals surface area (Å²) in [6.07, 6.45) is 1.93. The summed E-state index contributed by atoms with van der Waals surface area (Å²) in [7, 11) is 0. The molecule has 0 aliphatic rings. The molecule has 2 N–H and O–H groups in total. The summed E-state index contributed by atoms with van der Waals surface area (Å²) in [5.74, 6) is 0.864. The zero-order valence-corrected chi connectivity index (χ0v) is 10.3. The first-order valence-corrected chi connectivity index (χ1v) is 5.82. The lowest BCUT2D eigenvalue weighted by Gasteiger charge is -2.06. The van der Waals surface area contributed by atoms with E-state index in [4.69, 9.17) is 5.11 Å². The molecule has 5 nitrogen and oxygen atoms in total. The fourth-order valence-corrected chi connectivity index (χ4v) is 1.37. The van der Waals surface area contributed by atoms with Crippen LogP contribution in [0.3, 0.4) is 0 Å². The largest absolute Gasteiger partial charge is 0.396 e. The molecular formula is C11H22N4O. The summed E-state index contributed by atoms with van der Waals surface area (Å²) in [6, 6.07) is 0. The molecule has 0 bridgehead atoms. The van der Waals surface area contributed by atoms with Crippen molar-refractivity contribution in [1.29, 1.82) is 0 Å². The van der Waals surface area contributed by atoms with E-state index in [1.54, 1.807) is 4.68 Å². The van der Waals surface area contributed by atoms with Gasteiger partial charge < -0.3 is 10.4 Å². The van der Waals surface area contributed by atoms with Gasteiger partial charge >= 0.3 is 0 Å². The normalized spacial score (nSPS) is 13.3. The smallest absolute Gasteiger partial charge is 0.0964 e. The monoisotopic (exact) mass is 226 g/mol. The number of hydrogen-bond acceptors (Lipinski definition) is 4. The molecule has 1 aromatic rings. The maximum atomic E-state index is 8.93. The molecule has 1 atom stereocenters.